The fraction of sp³-hybridized carbons (Fsp3) is 0.583. The van der Waals surface area contributed by atoms with Crippen molar-refractivity contribution >= 4 is 24.8 Å². The first-order chi connectivity index (χ1) is 7.45. The SMILES string of the molecule is Cl.Cl.c1ccc(CNCC2CCOCC2)nc1. The average molecular weight is 279 g/mol. The smallest absolute Gasteiger partial charge is 0.0541 e. The van der Waals surface area contributed by atoms with Gasteiger partial charge in [0.1, 0.15) is 0 Å². The number of nitrogens with zero attached hydrogens (tertiary/aromatic N) is 1. The van der Waals surface area contributed by atoms with Crippen LogP contribution in [0.5, 0.6) is 0 Å². The van der Waals surface area contributed by atoms with Crippen molar-refractivity contribution in [3.8, 4) is 0 Å². The number of pyridine rings is 1. The summed E-state index contributed by atoms with van der Waals surface area (Å²) < 4.78 is 5.32. The molecule has 1 aliphatic rings. The summed E-state index contributed by atoms with van der Waals surface area (Å²) in [6.45, 7) is 3.81. The second kappa shape index (κ2) is 9.66. The average Bonchev–Trinajstić information content (AvgIpc) is 2.32. The summed E-state index contributed by atoms with van der Waals surface area (Å²) in [6.07, 6.45) is 4.22. The fourth-order valence-corrected chi connectivity index (χ4v) is 1.86. The van der Waals surface area contributed by atoms with Crippen LogP contribution < -0.4 is 5.32 Å². The Hall–Kier alpha value is -0.350. The van der Waals surface area contributed by atoms with Crippen LogP contribution in [-0.2, 0) is 11.3 Å². The van der Waals surface area contributed by atoms with Crippen LogP contribution in [0.2, 0.25) is 0 Å². The lowest BCUT2D eigenvalue weighted by Gasteiger charge is -2.22. The molecule has 98 valence electrons. The molecular formula is C12H20Cl2N2O. The van der Waals surface area contributed by atoms with E-state index >= 15 is 0 Å². The minimum absolute atomic E-state index is 0. The van der Waals surface area contributed by atoms with Gasteiger partial charge in [-0.25, -0.2) is 0 Å². The van der Waals surface area contributed by atoms with Crippen molar-refractivity contribution in [1.82, 2.24) is 10.3 Å². The molecule has 0 bridgehead atoms. The Kier molecular flexibility index (Phi) is 9.46. The van der Waals surface area contributed by atoms with E-state index in [0.717, 1.165) is 37.9 Å². The minimum atomic E-state index is 0. The summed E-state index contributed by atoms with van der Waals surface area (Å²) in [5, 5.41) is 3.45. The second-order valence-electron chi connectivity index (χ2n) is 4.01. The van der Waals surface area contributed by atoms with E-state index < -0.39 is 0 Å². The van der Waals surface area contributed by atoms with E-state index in [9.17, 15) is 0 Å². The normalized spacial score (nSPS) is 15.8. The van der Waals surface area contributed by atoms with Crippen LogP contribution in [0.25, 0.3) is 0 Å². The molecule has 1 aromatic rings. The van der Waals surface area contributed by atoms with E-state index in [4.69, 9.17) is 4.74 Å². The van der Waals surface area contributed by atoms with Crippen molar-refractivity contribution in [1.29, 1.82) is 0 Å². The highest BCUT2D eigenvalue weighted by Gasteiger charge is 2.12. The van der Waals surface area contributed by atoms with Gasteiger partial charge in [0.05, 0.1) is 5.69 Å². The summed E-state index contributed by atoms with van der Waals surface area (Å²) >= 11 is 0. The first-order valence-electron chi connectivity index (χ1n) is 5.63. The molecule has 0 saturated carbocycles. The molecule has 2 rings (SSSR count). The van der Waals surface area contributed by atoms with Crippen molar-refractivity contribution in [3.05, 3.63) is 30.1 Å². The molecule has 0 aromatic carbocycles. The molecule has 0 atom stereocenters. The molecule has 3 nitrogen and oxygen atoms in total. The molecular weight excluding hydrogens is 259 g/mol. The topological polar surface area (TPSA) is 34.1 Å². The monoisotopic (exact) mass is 278 g/mol. The molecule has 2 heterocycles. The quantitative estimate of drug-likeness (QED) is 0.919. The number of nitrogens with one attached hydrogen (secondary N) is 1. The summed E-state index contributed by atoms with van der Waals surface area (Å²) in [4.78, 5) is 4.27. The van der Waals surface area contributed by atoms with Gasteiger partial charge in [0.15, 0.2) is 0 Å². The fourth-order valence-electron chi connectivity index (χ4n) is 1.86. The molecule has 0 unspecified atom stereocenters. The molecule has 0 amide bonds. The highest BCUT2D eigenvalue weighted by atomic mass is 35.5. The van der Waals surface area contributed by atoms with Gasteiger partial charge in [0.25, 0.3) is 0 Å². The molecule has 1 saturated heterocycles. The van der Waals surface area contributed by atoms with Gasteiger partial charge in [-0.3, -0.25) is 4.98 Å². The van der Waals surface area contributed by atoms with E-state index in [0.29, 0.717) is 0 Å². The Balaban J connectivity index is 0.00000128. The zero-order valence-electron chi connectivity index (χ0n) is 9.80. The van der Waals surface area contributed by atoms with E-state index in [-0.39, 0.29) is 24.8 Å². The van der Waals surface area contributed by atoms with Crippen LogP contribution in [-0.4, -0.2) is 24.7 Å². The summed E-state index contributed by atoms with van der Waals surface area (Å²) in [7, 11) is 0. The molecule has 1 aromatic heterocycles. The predicted molar refractivity (Wildman–Crippen MR) is 74.0 cm³/mol. The van der Waals surface area contributed by atoms with E-state index in [1.54, 1.807) is 0 Å². The van der Waals surface area contributed by atoms with Gasteiger partial charge in [-0.15, -0.1) is 24.8 Å². The largest absolute Gasteiger partial charge is 0.381 e. The summed E-state index contributed by atoms with van der Waals surface area (Å²) in [6, 6.07) is 6.03. The van der Waals surface area contributed by atoms with Crippen LogP contribution in [0.15, 0.2) is 24.4 Å². The summed E-state index contributed by atoms with van der Waals surface area (Å²) in [5.41, 5.74) is 1.12. The number of aromatic nitrogens is 1. The molecule has 5 heteroatoms. The lowest BCUT2D eigenvalue weighted by Crippen LogP contribution is -2.27. The molecule has 1 N–H and O–H groups in total. The van der Waals surface area contributed by atoms with E-state index in [1.165, 1.54) is 12.8 Å². The number of hydrogen-bond acceptors (Lipinski definition) is 3. The lowest BCUT2D eigenvalue weighted by molar-refractivity contribution is 0.0662. The summed E-state index contributed by atoms with van der Waals surface area (Å²) in [5.74, 6) is 0.780. The molecule has 1 aliphatic heterocycles. The van der Waals surface area contributed by atoms with Crippen LogP contribution in [0.3, 0.4) is 0 Å². The van der Waals surface area contributed by atoms with Gasteiger partial charge in [-0.1, -0.05) is 6.07 Å². The van der Waals surface area contributed by atoms with Gasteiger partial charge >= 0.3 is 0 Å². The maximum Gasteiger partial charge on any atom is 0.0541 e. The number of halogens is 2. The Morgan fingerprint density at radius 1 is 1.24 bits per heavy atom. The Labute approximate surface area is 115 Å². The van der Waals surface area contributed by atoms with Gasteiger partial charge in [0.2, 0.25) is 0 Å². The maximum absolute atomic E-state index is 5.32. The van der Waals surface area contributed by atoms with Crippen LogP contribution in [0.1, 0.15) is 18.5 Å². The number of rotatable bonds is 4. The zero-order valence-corrected chi connectivity index (χ0v) is 11.4. The van der Waals surface area contributed by atoms with Crippen molar-refractivity contribution in [2.75, 3.05) is 19.8 Å². The van der Waals surface area contributed by atoms with E-state index in [1.807, 2.05) is 18.3 Å². The molecule has 17 heavy (non-hydrogen) atoms. The van der Waals surface area contributed by atoms with Crippen molar-refractivity contribution in [3.63, 3.8) is 0 Å². The Morgan fingerprint density at radius 2 is 2.00 bits per heavy atom. The molecule has 0 radical (unpaired) electrons. The third-order valence-electron chi connectivity index (χ3n) is 2.81. The van der Waals surface area contributed by atoms with Crippen LogP contribution in [0.4, 0.5) is 0 Å². The number of ether oxygens (including phenoxy) is 1. The van der Waals surface area contributed by atoms with Gasteiger partial charge in [0, 0.05) is 26.0 Å². The lowest BCUT2D eigenvalue weighted by atomic mass is 10.0. The van der Waals surface area contributed by atoms with Crippen LogP contribution in [0, 0.1) is 5.92 Å². The third-order valence-corrected chi connectivity index (χ3v) is 2.81. The first kappa shape index (κ1) is 16.6. The van der Waals surface area contributed by atoms with E-state index in [2.05, 4.69) is 16.4 Å². The number of hydrogen-bond donors (Lipinski definition) is 1. The van der Waals surface area contributed by atoms with Crippen molar-refractivity contribution < 1.29 is 4.74 Å². The zero-order chi connectivity index (χ0) is 10.3. The van der Waals surface area contributed by atoms with Gasteiger partial charge in [-0.2, -0.15) is 0 Å². The Bertz CT molecular complexity index is 279. The molecule has 0 aliphatic carbocycles. The van der Waals surface area contributed by atoms with Gasteiger partial charge in [-0.05, 0) is 37.4 Å². The van der Waals surface area contributed by atoms with Crippen LogP contribution >= 0.6 is 24.8 Å². The highest BCUT2D eigenvalue weighted by molar-refractivity contribution is 5.85. The first-order valence-corrected chi connectivity index (χ1v) is 5.63. The molecule has 0 spiro atoms. The maximum atomic E-state index is 5.32. The highest BCUT2D eigenvalue weighted by Crippen LogP contribution is 2.13. The third kappa shape index (κ3) is 6.22. The van der Waals surface area contributed by atoms with Crippen molar-refractivity contribution in [2.45, 2.75) is 19.4 Å². The standard InChI is InChI=1S/C12H18N2O.2ClH/c1-2-6-14-12(3-1)10-13-9-11-4-7-15-8-5-11;;/h1-3,6,11,13H,4-5,7-10H2;2*1H. The van der Waals surface area contributed by atoms with Gasteiger partial charge < -0.3 is 10.1 Å². The molecule has 1 fully saturated rings. The second-order valence-corrected chi connectivity index (χ2v) is 4.01. The van der Waals surface area contributed by atoms with Crippen molar-refractivity contribution in [2.24, 2.45) is 5.92 Å². The minimum Gasteiger partial charge on any atom is -0.381 e. The predicted octanol–water partition coefficient (Wildman–Crippen LogP) is 2.44. The Morgan fingerprint density at radius 3 is 2.65 bits per heavy atom.